The van der Waals surface area contributed by atoms with E-state index in [1.165, 1.54) is 0 Å². The fourth-order valence-corrected chi connectivity index (χ4v) is 5.02. The molecule has 0 aromatic heterocycles. The van der Waals surface area contributed by atoms with Crippen molar-refractivity contribution in [2.24, 2.45) is 5.92 Å². The minimum atomic E-state index is -0.483. The smallest absolute Gasteiger partial charge is 0.245 e. The van der Waals surface area contributed by atoms with Gasteiger partial charge < -0.3 is 14.7 Å². The lowest BCUT2D eigenvalue weighted by atomic mass is 9.92. The van der Waals surface area contributed by atoms with E-state index in [0.29, 0.717) is 52.0 Å². The molecule has 4 rings (SSSR count). The molecule has 2 heterocycles. The van der Waals surface area contributed by atoms with Crippen molar-refractivity contribution in [2.75, 3.05) is 32.7 Å². The van der Waals surface area contributed by atoms with E-state index in [0.717, 1.165) is 16.7 Å². The summed E-state index contributed by atoms with van der Waals surface area (Å²) >= 11 is 0. The van der Waals surface area contributed by atoms with Crippen molar-refractivity contribution in [1.29, 1.82) is 0 Å². The third-order valence-corrected chi connectivity index (χ3v) is 7.00. The lowest BCUT2D eigenvalue weighted by molar-refractivity contribution is -0.154. The Bertz CT molecular complexity index is 999. The highest BCUT2D eigenvalue weighted by atomic mass is 16.2. The molecule has 0 saturated carbocycles. The Kier molecular flexibility index (Phi) is 7.11. The average molecular weight is 448 g/mol. The fourth-order valence-electron chi connectivity index (χ4n) is 5.02. The highest BCUT2D eigenvalue weighted by Crippen LogP contribution is 2.26. The van der Waals surface area contributed by atoms with Gasteiger partial charge in [-0.05, 0) is 36.5 Å². The van der Waals surface area contributed by atoms with Crippen molar-refractivity contribution >= 4 is 17.7 Å². The first-order valence-electron chi connectivity index (χ1n) is 12.0. The number of likely N-dealkylation sites (N-methyl/N-ethyl adjacent to an activating group) is 1. The van der Waals surface area contributed by atoms with E-state index in [2.05, 4.69) is 24.3 Å². The number of amides is 3. The molecule has 2 saturated heterocycles. The summed E-state index contributed by atoms with van der Waals surface area (Å²) in [6, 6.07) is 18.0. The number of hydrogen-bond acceptors (Lipinski definition) is 3. The molecule has 2 aromatic carbocycles. The van der Waals surface area contributed by atoms with Crippen LogP contribution in [0.3, 0.4) is 0 Å². The van der Waals surface area contributed by atoms with Crippen LogP contribution in [0.2, 0.25) is 0 Å². The van der Waals surface area contributed by atoms with Crippen molar-refractivity contribution in [3.8, 4) is 11.1 Å². The molecule has 6 nitrogen and oxygen atoms in total. The Morgan fingerprint density at radius 3 is 2.27 bits per heavy atom. The lowest BCUT2D eigenvalue weighted by Crippen LogP contribution is -2.60. The molecule has 0 N–H and O–H groups in total. The molecule has 3 amide bonds. The van der Waals surface area contributed by atoms with Crippen molar-refractivity contribution in [3.63, 3.8) is 0 Å². The monoisotopic (exact) mass is 447 g/mol. The first-order valence-corrected chi connectivity index (χ1v) is 12.0. The van der Waals surface area contributed by atoms with E-state index in [-0.39, 0.29) is 23.6 Å². The summed E-state index contributed by atoms with van der Waals surface area (Å²) < 4.78 is 0. The molecular weight excluding hydrogens is 414 g/mol. The zero-order chi connectivity index (χ0) is 23.4. The molecule has 0 aliphatic carbocycles. The average Bonchev–Trinajstić information content (AvgIpc) is 2.85. The second-order valence-corrected chi connectivity index (χ2v) is 9.02. The van der Waals surface area contributed by atoms with Crippen LogP contribution in [0.25, 0.3) is 11.1 Å². The van der Waals surface area contributed by atoms with Crippen LogP contribution in [0.15, 0.2) is 54.6 Å². The quantitative estimate of drug-likeness (QED) is 0.707. The number of piperazine rings is 1. The standard InChI is InChI=1S/C27H33N3O3/c1-3-28-16-17-30(26(32)23-12-14-29(15-13-23)20(2)31)25(27(28)33)19-21-8-7-11-24(18-21)22-9-5-4-6-10-22/h4-11,18,23,25H,3,12-17,19H2,1-2H3. The predicted molar refractivity (Wildman–Crippen MR) is 128 cm³/mol. The molecule has 174 valence electrons. The maximum atomic E-state index is 13.5. The summed E-state index contributed by atoms with van der Waals surface area (Å²) in [6.07, 6.45) is 1.83. The third-order valence-electron chi connectivity index (χ3n) is 7.00. The van der Waals surface area contributed by atoms with E-state index in [1.54, 1.807) is 11.8 Å². The number of piperidine rings is 1. The van der Waals surface area contributed by atoms with Crippen LogP contribution in [0, 0.1) is 5.92 Å². The summed E-state index contributed by atoms with van der Waals surface area (Å²) in [5.41, 5.74) is 3.30. The molecule has 0 bridgehead atoms. The Labute approximate surface area is 196 Å². The number of carbonyl (C=O) groups excluding carboxylic acids is 3. The largest absolute Gasteiger partial charge is 0.343 e. The molecule has 2 fully saturated rings. The van der Waals surface area contributed by atoms with Crippen molar-refractivity contribution in [3.05, 3.63) is 60.2 Å². The molecule has 1 atom stereocenters. The highest BCUT2D eigenvalue weighted by Gasteiger charge is 2.40. The van der Waals surface area contributed by atoms with Gasteiger partial charge in [0.15, 0.2) is 0 Å². The van der Waals surface area contributed by atoms with Gasteiger partial charge in [-0.1, -0.05) is 54.6 Å². The second kappa shape index (κ2) is 10.2. The summed E-state index contributed by atoms with van der Waals surface area (Å²) in [4.78, 5) is 44.0. The van der Waals surface area contributed by atoms with Crippen molar-refractivity contribution in [1.82, 2.24) is 14.7 Å². The summed E-state index contributed by atoms with van der Waals surface area (Å²) in [6.45, 7) is 6.57. The molecule has 33 heavy (non-hydrogen) atoms. The van der Waals surface area contributed by atoms with E-state index in [9.17, 15) is 14.4 Å². The van der Waals surface area contributed by atoms with Gasteiger partial charge in [-0.2, -0.15) is 0 Å². The number of nitrogens with zero attached hydrogens (tertiary/aromatic N) is 3. The van der Waals surface area contributed by atoms with E-state index in [1.807, 2.05) is 47.1 Å². The summed E-state index contributed by atoms with van der Waals surface area (Å²) in [5.74, 6) is 0.0263. The van der Waals surface area contributed by atoms with Crippen LogP contribution in [0.4, 0.5) is 0 Å². The molecule has 0 spiro atoms. The predicted octanol–water partition coefficient (Wildman–Crippen LogP) is 3.21. The second-order valence-electron chi connectivity index (χ2n) is 9.02. The topological polar surface area (TPSA) is 60.9 Å². The van der Waals surface area contributed by atoms with Crippen LogP contribution in [0.1, 0.15) is 32.3 Å². The van der Waals surface area contributed by atoms with Crippen LogP contribution in [-0.4, -0.2) is 71.2 Å². The SMILES string of the molecule is CCN1CCN(C(=O)C2CCN(C(C)=O)CC2)C(Cc2cccc(-c3ccccc3)c2)C1=O. The normalized spacial score (nSPS) is 19.6. The van der Waals surface area contributed by atoms with E-state index < -0.39 is 6.04 Å². The molecule has 1 unspecified atom stereocenters. The number of benzene rings is 2. The number of rotatable bonds is 5. The maximum Gasteiger partial charge on any atom is 0.245 e. The zero-order valence-corrected chi connectivity index (χ0v) is 19.6. The third kappa shape index (κ3) is 5.10. The van der Waals surface area contributed by atoms with Gasteiger partial charge in [-0.25, -0.2) is 0 Å². The van der Waals surface area contributed by atoms with Gasteiger partial charge in [0, 0.05) is 52.0 Å². The Morgan fingerprint density at radius 2 is 1.61 bits per heavy atom. The highest BCUT2D eigenvalue weighted by molar-refractivity contribution is 5.90. The van der Waals surface area contributed by atoms with Crippen molar-refractivity contribution < 1.29 is 14.4 Å². The first kappa shape index (κ1) is 23.0. The molecule has 2 aliphatic rings. The van der Waals surface area contributed by atoms with E-state index in [4.69, 9.17) is 0 Å². The maximum absolute atomic E-state index is 13.5. The number of hydrogen-bond donors (Lipinski definition) is 0. The van der Waals surface area contributed by atoms with Crippen LogP contribution >= 0.6 is 0 Å². The van der Waals surface area contributed by atoms with Gasteiger partial charge in [-0.15, -0.1) is 0 Å². The summed E-state index contributed by atoms with van der Waals surface area (Å²) in [5, 5.41) is 0. The molecule has 2 aliphatic heterocycles. The molecule has 2 aromatic rings. The van der Waals surface area contributed by atoms with Crippen LogP contribution < -0.4 is 0 Å². The van der Waals surface area contributed by atoms with Crippen molar-refractivity contribution in [2.45, 2.75) is 39.2 Å². The van der Waals surface area contributed by atoms with E-state index >= 15 is 0 Å². The van der Waals surface area contributed by atoms with Gasteiger partial charge in [0.25, 0.3) is 0 Å². The van der Waals surface area contributed by atoms with Gasteiger partial charge in [0.1, 0.15) is 6.04 Å². The first-order chi connectivity index (χ1) is 16.0. The zero-order valence-electron chi connectivity index (χ0n) is 19.6. The minimum Gasteiger partial charge on any atom is -0.343 e. The number of likely N-dealkylation sites (tertiary alicyclic amines) is 1. The molecule has 0 radical (unpaired) electrons. The number of carbonyl (C=O) groups is 3. The van der Waals surface area contributed by atoms with Crippen LogP contribution in [0.5, 0.6) is 0 Å². The van der Waals surface area contributed by atoms with Gasteiger partial charge in [0.05, 0.1) is 0 Å². The fraction of sp³-hybridized carbons (Fsp3) is 0.444. The van der Waals surface area contributed by atoms with Gasteiger partial charge in [-0.3, -0.25) is 14.4 Å². The minimum absolute atomic E-state index is 0.0309. The Hall–Kier alpha value is -3.15. The van der Waals surface area contributed by atoms with Crippen LogP contribution in [-0.2, 0) is 20.8 Å². The Balaban J connectivity index is 1.54. The Morgan fingerprint density at radius 1 is 0.909 bits per heavy atom. The molecule has 6 heteroatoms. The van der Waals surface area contributed by atoms with Gasteiger partial charge >= 0.3 is 0 Å². The summed E-state index contributed by atoms with van der Waals surface area (Å²) in [7, 11) is 0. The van der Waals surface area contributed by atoms with Gasteiger partial charge in [0.2, 0.25) is 17.7 Å². The molecular formula is C27H33N3O3. The lowest BCUT2D eigenvalue weighted by Gasteiger charge is -2.43.